The fourth-order valence-electron chi connectivity index (χ4n) is 2.46. The third-order valence-corrected chi connectivity index (χ3v) is 4.90. The summed E-state index contributed by atoms with van der Waals surface area (Å²) in [6, 6.07) is 0.719. The lowest BCUT2D eigenvalue weighted by atomic mass is 9.93. The van der Waals surface area contributed by atoms with Crippen molar-refractivity contribution in [1.29, 1.82) is 0 Å². The van der Waals surface area contributed by atoms with Crippen LogP contribution < -0.4 is 16.4 Å². The lowest BCUT2D eigenvalue weighted by Crippen LogP contribution is -2.35. The number of allylic oxidation sites excluding steroid dienone is 1. The first-order valence-electron chi connectivity index (χ1n) is 7.21. The lowest BCUT2D eigenvalue weighted by molar-refractivity contribution is 0.0939. The normalized spacial score (nSPS) is 22.3. The van der Waals surface area contributed by atoms with Crippen molar-refractivity contribution in [2.75, 3.05) is 11.1 Å². The zero-order chi connectivity index (χ0) is 13.9. The average molecular weight is 292 g/mol. The largest absolute Gasteiger partial charge is 0.382 e. The zero-order valence-corrected chi connectivity index (χ0v) is 12.2. The smallest absolute Gasteiger partial charge is 0.265 e. The molecule has 1 aromatic rings. The van der Waals surface area contributed by atoms with Gasteiger partial charge in [-0.1, -0.05) is 23.5 Å². The number of anilines is 2. The molecule has 1 atom stereocenters. The van der Waals surface area contributed by atoms with E-state index in [0.29, 0.717) is 16.7 Å². The minimum atomic E-state index is -0.0954. The summed E-state index contributed by atoms with van der Waals surface area (Å²) in [5.41, 5.74) is 5.87. The molecule has 20 heavy (non-hydrogen) atoms. The van der Waals surface area contributed by atoms with Gasteiger partial charge in [-0.3, -0.25) is 4.79 Å². The Labute approximate surface area is 122 Å². The van der Waals surface area contributed by atoms with E-state index in [2.05, 4.69) is 27.8 Å². The molecule has 0 bridgehead atoms. The number of rotatable bonds is 4. The first-order chi connectivity index (χ1) is 9.72. The molecule has 1 heterocycles. The van der Waals surface area contributed by atoms with Crippen LogP contribution in [0.15, 0.2) is 12.2 Å². The third kappa shape index (κ3) is 2.95. The summed E-state index contributed by atoms with van der Waals surface area (Å²) in [4.78, 5) is 17.0. The van der Waals surface area contributed by atoms with Crippen molar-refractivity contribution < 1.29 is 4.79 Å². The summed E-state index contributed by atoms with van der Waals surface area (Å²) in [5.74, 6) is 0.239. The van der Waals surface area contributed by atoms with Crippen molar-refractivity contribution in [3.63, 3.8) is 0 Å². The molecule has 1 saturated carbocycles. The van der Waals surface area contributed by atoms with E-state index in [-0.39, 0.29) is 11.9 Å². The van der Waals surface area contributed by atoms with E-state index in [1.165, 1.54) is 30.6 Å². The Morgan fingerprint density at radius 2 is 2.15 bits per heavy atom. The van der Waals surface area contributed by atoms with Gasteiger partial charge in [-0.2, -0.15) is 0 Å². The Morgan fingerprint density at radius 1 is 1.30 bits per heavy atom. The van der Waals surface area contributed by atoms with Crippen LogP contribution in [0.3, 0.4) is 0 Å². The molecule has 1 amide bonds. The highest BCUT2D eigenvalue weighted by Crippen LogP contribution is 2.29. The summed E-state index contributed by atoms with van der Waals surface area (Å²) in [7, 11) is 0. The maximum absolute atomic E-state index is 12.2. The zero-order valence-electron chi connectivity index (χ0n) is 11.4. The van der Waals surface area contributed by atoms with Gasteiger partial charge in [0.2, 0.25) is 0 Å². The summed E-state index contributed by atoms with van der Waals surface area (Å²) in [6.45, 7) is 0. The molecule has 5 nitrogen and oxygen atoms in total. The van der Waals surface area contributed by atoms with Gasteiger partial charge in [-0.15, -0.1) is 0 Å². The number of aromatic nitrogens is 1. The van der Waals surface area contributed by atoms with E-state index >= 15 is 0 Å². The van der Waals surface area contributed by atoms with E-state index in [9.17, 15) is 4.79 Å². The van der Waals surface area contributed by atoms with Crippen molar-refractivity contribution in [2.45, 2.75) is 50.6 Å². The number of amides is 1. The van der Waals surface area contributed by atoms with Gasteiger partial charge < -0.3 is 16.4 Å². The van der Waals surface area contributed by atoms with Gasteiger partial charge in [0.1, 0.15) is 10.7 Å². The minimum Gasteiger partial charge on any atom is -0.382 e. The van der Waals surface area contributed by atoms with Crippen molar-refractivity contribution in [3.05, 3.63) is 17.0 Å². The number of carbonyl (C=O) groups is 1. The van der Waals surface area contributed by atoms with Crippen LogP contribution in [0, 0.1) is 0 Å². The maximum atomic E-state index is 12.2. The SMILES string of the molecule is Nc1nc(NC2CCC2)sc1C(=O)NC1CC=CCC1. The van der Waals surface area contributed by atoms with E-state index < -0.39 is 0 Å². The molecule has 6 heteroatoms. The van der Waals surface area contributed by atoms with Crippen molar-refractivity contribution in [2.24, 2.45) is 0 Å². The minimum absolute atomic E-state index is 0.0954. The van der Waals surface area contributed by atoms with Crippen LogP contribution in [0.5, 0.6) is 0 Å². The molecular formula is C14H20N4OS. The molecule has 0 aromatic carbocycles. The van der Waals surface area contributed by atoms with E-state index in [0.717, 1.165) is 24.4 Å². The number of nitrogens with zero attached hydrogens (tertiary/aromatic N) is 1. The van der Waals surface area contributed by atoms with Crippen LogP contribution in [0.4, 0.5) is 10.9 Å². The number of hydrogen-bond donors (Lipinski definition) is 3. The van der Waals surface area contributed by atoms with Crippen LogP contribution in [0.25, 0.3) is 0 Å². The van der Waals surface area contributed by atoms with Crippen LogP contribution >= 0.6 is 11.3 Å². The van der Waals surface area contributed by atoms with E-state index in [1.807, 2.05) is 0 Å². The fraction of sp³-hybridized carbons (Fsp3) is 0.571. The number of hydrogen-bond acceptors (Lipinski definition) is 5. The standard InChI is InChI=1S/C14H20N4OS/c15-12-11(13(19)16-9-5-2-1-3-6-9)20-14(18-12)17-10-7-4-8-10/h1-2,9-10H,3-8,15H2,(H,16,19)(H,17,18). The molecule has 4 N–H and O–H groups in total. The average Bonchev–Trinajstić information content (AvgIpc) is 2.76. The number of nitrogens with two attached hydrogens (primary N) is 1. The number of thiazole rings is 1. The highest BCUT2D eigenvalue weighted by atomic mass is 32.1. The van der Waals surface area contributed by atoms with E-state index in [1.54, 1.807) is 0 Å². The summed E-state index contributed by atoms with van der Waals surface area (Å²) in [5, 5.41) is 7.14. The molecule has 3 rings (SSSR count). The van der Waals surface area contributed by atoms with Crippen LogP contribution in [0.2, 0.25) is 0 Å². The predicted molar refractivity (Wildman–Crippen MR) is 82.0 cm³/mol. The van der Waals surface area contributed by atoms with E-state index in [4.69, 9.17) is 5.73 Å². The Bertz CT molecular complexity index is 521. The van der Waals surface area contributed by atoms with Gasteiger partial charge in [0, 0.05) is 12.1 Å². The summed E-state index contributed by atoms with van der Waals surface area (Å²) < 4.78 is 0. The lowest BCUT2D eigenvalue weighted by Gasteiger charge is -2.25. The molecule has 0 spiro atoms. The fourth-order valence-corrected chi connectivity index (χ4v) is 3.32. The Hall–Kier alpha value is -1.56. The van der Waals surface area contributed by atoms with Gasteiger partial charge in [-0.25, -0.2) is 4.98 Å². The molecule has 2 aliphatic carbocycles. The van der Waals surface area contributed by atoms with Gasteiger partial charge in [0.25, 0.3) is 5.91 Å². The quantitative estimate of drug-likeness (QED) is 0.745. The molecule has 0 saturated heterocycles. The number of nitrogens with one attached hydrogen (secondary N) is 2. The van der Waals surface area contributed by atoms with Crippen molar-refractivity contribution in [3.8, 4) is 0 Å². The predicted octanol–water partition coefficient (Wildman–Crippen LogP) is 2.53. The van der Waals surface area contributed by atoms with Crippen LogP contribution in [-0.2, 0) is 0 Å². The van der Waals surface area contributed by atoms with Gasteiger partial charge >= 0.3 is 0 Å². The summed E-state index contributed by atoms with van der Waals surface area (Å²) in [6.07, 6.45) is 10.8. The third-order valence-electron chi connectivity index (χ3n) is 3.90. The highest BCUT2D eigenvalue weighted by molar-refractivity contribution is 7.18. The van der Waals surface area contributed by atoms with Gasteiger partial charge in [0.15, 0.2) is 5.13 Å². The van der Waals surface area contributed by atoms with Crippen molar-refractivity contribution >= 4 is 28.2 Å². The second-order valence-electron chi connectivity index (χ2n) is 5.46. The van der Waals surface area contributed by atoms with Crippen LogP contribution in [-0.4, -0.2) is 23.0 Å². The van der Waals surface area contributed by atoms with Gasteiger partial charge in [0.05, 0.1) is 0 Å². The Kier molecular flexibility index (Phi) is 3.91. The molecule has 2 aliphatic rings. The molecule has 1 unspecified atom stereocenters. The first-order valence-corrected chi connectivity index (χ1v) is 8.02. The molecule has 1 fully saturated rings. The first kappa shape index (κ1) is 13.4. The monoisotopic (exact) mass is 292 g/mol. The molecular weight excluding hydrogens is 272 g/mol. The molecule has 108 valence electrons. The molecule has 1 aromatic heterocycles. The number of nitrogen functional groups attached to an aromatic ring is 1. The second-order valence-corrected chi connectivity index (χ2v) is 6.46. The maximum Gasteiger partial charge on any atom is 0.265 e. The van der Waals surface area contributed by atoms with Crippen LogP contribution in [0.1, 0.15) is 48.2 Å². The van der Waals surface area contributed by atoms with Gasteiger partial charge in [-0.05, 0) is 38.5 Å². The second kappa shape index (κ2) is 5.83. The van der Waals surface area contributed by atoms with Crippen molar-refractivity contribution in [1.82, 2.24) is 10.3 Å². The molecule has 0 aliphatic heterocycles. The Balaban J connectivity index is 1.62. The topological polar surface area (TPSA) is 80.0 Å². The highest BCUT2D eigenvalue weighted by Gasteiger charge is 2.22. The number of carbonyl (C=O) groups excluding carboxylic acids is 1. The molecule has 0 radical (unpaired) electrons. The Morgan fingerprint density at radius 3 is 2.80 bits per heavy atom. The summed E-state index contributed by atoms with van der Waals surface area (Å²) >= 11 is 1.36.